The van der Waals surface area contributed by atoms with E-state index < -0.39 is 5.41 Å². The van der Waals surface area contributed by atoms with Crippen molar-refractivity contribution in [3.63, 3.8) is 0 Å². The van der Waals surface area contributed by atoms with Gasteiger partial charge in [-0.3, -0.25) is 9.59 Å². The Morgan fingerprint density at radius 2 is 1.78 bits per heavy atom. The molecule has 0 aromatic heterocycles. The number of carbonyl (C=O) groups is 2. The first-order chi connectivity index (χ1) is 8.58. The molecule has 0 heterocycles. The van der Waals surface area contributed by atoms with E-state index in [1.54, 1.807) is 12.1 Å². The van der Waals surface area contributed by atoms with Crippen molar-refractivity contribution in [1.82, 2.24) is 0 Å². The van der Waals surface area contributed by atoms with Crippen molar-refractivity contribution in [3.8, 4) is 0 Å². The quantitative estimate of drug-likeness (QED) is 0.757. The van der Waals surface area contributed by atoms with Crippen LogP contribution in [0, 0.1) is 5.82 Å². The zero-order chi connectivity index (χ0) is 13.2. The average molecular weight is 250 g/mol. The molecular formula is C14H15FO3. The molecule has 2 rings (SSSR count). The van der Waals surface area contributed by atoms with Gasteiger partial charge in [-0.05, 0) is 30.5 Å². The van der Waals surface area contributed by atoms with E-state index in [4.69, 9.17) is 4.74 Å². The number of hydrogen-bond donors (Lipinski definition) is 0. The van der Waals surface area contributed by atoms with Gasteiger partial charge in [0.2, 0.25) is 0 Å². The number of esters is 1. The lowest BCUT2D eigenvalue weighted by Gasteiger charge is -2.34. The maximum Gasteiger partial charge on any atom is 0.316 e. The highest BCUT2D eigenvalue weighted by Crippen LogP contribution is 2.39. The van der Waals surface area contributed by atoms with Crippen LogP contribution < -0.4 is 0 Å². The Morgan fingerprint density at radius 3 is 2.28 bits per heavy atom. The summed E-state index contributed by atoms with van der Waals surface area (Å²) in [5.41, 5.74) is -0.0700. The molecule has 4 heteroatoms. The van der Waals surface area contributed by atoms with Crippen molar-refractivity contribution in [1.29, 1.82) is 0 Å². The van der Waals surface area contributed by atoms with Crippen molar-refractivity contribution in [2.24, 2.45) is 0 Å². The van der Waals surface area contributed by atoms with Crippen LogP contribution in [0.5, 0.6) is 0 Å². The standard InChI is InChI=1S/C14H15FO3/c1-18-13(17)14(8-6-12(16)7-9-14)10-2-4-11(15)5-3-10/h2-5H,6-9H2,1H3. The van der Waals surface area contributed by atoms with E-state index in [0.29, 0.717) is 25.7 Å². The highest BCUT2D eigenvalue weighted by Gasteiger charge is 2.44. The molecule has 1 aromatic rings. The van der Waals surface area contributed by atoms with Gasteiger partial charge in [-0.25, -0.2) is 4.39 Å². The SMILES string of the molecule is COC(=O)C1(c2ccc(F)cc2)CCC(=O)CC1. The maximum atomic E-state index is 13.0. The number of rotatable bonds is 2. The zero-order valence-electron chi connectivity index (χ0n) is 10.2. The Balaban J connectivity index is 2.39. The summed E-state index contributed by atoms with van der Waals surface area (Å²) in [5.74, 6) is -0.524. The molecule has 0 radical (unpaired) electrons. The Bertz CT molecular complexity index is 454. The Labute approximate surface area is 105 Å². The second kappa shape index (κ2) is 4.88. The summed E-state index contributed by atoms with van der Waals surface area (Å²) in [6, 6.07) is 5.86. The van der Waals surface area contributed by atoms with Gasteiger partial charge in [-0.2, -0.15) is 0 Å². The van der Waals surface area contributed by atoms with E-state index in [-0.39, 0.29) is 17.6 Å². The number of ketones is 1. The summed E-state index contributed by atoms with van der Waals surface area (Å²) in [6.45, 7) is 0. The molecule has 0 spiro atoms. The van der Waals surface area contributed by atoms with Crippen molar-refractivity contribution < 1.29 is 18.7 Å². The van der Waals surface area contributed by atoms with Crippen LogP contribution in [0.25, 0.3) is 0 Å². The van der Waals surface area contributed by atoms with E-state index in [1.165, 1.54) is 19.2 Å². The fourth-order valence-corrected chi connectivity index (χ4v) is 2.53. The summed E-state index contributed by atoms with van der Waals surface area (Å²) < 4.78 is 17.8. The molecule has 0 saturated heterocycles. The lowest BCUT2D eigenvalue weighted by molar-refractivity contribution is -0.149. The molecule has 1 aliphatic carbocycles. The molecule has 0 atom stereocenters. The predicted molar refractivity (Wildman–Crippen MR) is 63.6 cm³/mol. The number of Topliss-reactive ketones (excluding diaryl/α,β-unsaturated/α-hetero) is 1. The minimum absolute atomic E-state index is 0.164. The van der Waals surface area contributed by atoms with Crippen LogP contribution in [-0.2, 0) is 19.7 Å². The molecule has 0 aliphatic heterocycles. The van der Waals surface area contributed by atoms with E-state index >= 15 is 0 Å². The summed E-state index contributed by atoms with van der Waals surface area (Å²) in [5, 5.41) is 0. The van der Waals surface area contributed by atoms with Gasteiger partial charge in [0.1, 0.15) is 11.6 Å². The van der Waals surface area contributed by atoms with Crippen LogP contribution >= 0.6 is 0 Å². The molecule has 1 fully saturated rings. The third-order valence-corrected chi connectivity index (χ3v) is 3.63. The van der Waals surface area contributed by atoms with Gasteiger partial charge in [-0.15, -0.1) is 0 Å². The third kappa shape index (κ3) is 2.15. The summed E-state index contributed by atoms with van der Waals surface area (Å²) >= 11 is 0. The van der Waals surface area contributed by atoms with Gasteiger partial charge in [-0.1, -0.05) is 12.1 Å². The van der Waals surface area contributed by atoms with Crippen LogP contribution in [0.3, 0.4) is 0 Å². The van der Waals surface area contributed by atoms with Crippen molar-refractivity contribution in [2.75, 3.05) is 7.11 Å². The zero-order valence-corrected chi connectivity index (χ0v) is 10.2. The number of hydrogen-bond acceptors (Lipinski definition) is 3. The number of halogens is 1. The number of carbonyl (C=O) groups excluding carboxylic acids is 2. The van der Waals surface area contributed by atoms with Crippen molar-refractivity contribution in [3.05, 3.63) is 35.6 Å². The monoisotopic (exact) mass is 250 g/mol. The molecule has 3 nitrogen and oxygen atoms in total. The molecule has 0 N–H and O–H groups in total. The lowest BCUT2D eigenvalue weighted by atomic mass is 9.69. The van der Waals surface area contributed by atoms with Crippen LogP contribution in [0.15, 0.2) is 24.3 Å². The molecular weight excluding hydrogens is 235 g/mol. The Hall–Kier alpha value is -1.71. The minimum Gasteiger partial charge on any atom is -0.468 e. The second-order valence-electron chi connectivity index (χ2n) is 4.62. The molecule has 0 unspecified atom stereocenters. The lowest BCUT2D eigenvalue weighted by Crippen LogP contribution is -2.40. The number of methoxy groups -OCH3 is 1. The van der Waals surface area contributed by atoms with Crippen molar-refractivity contribution >= 4 is 11.8 Å². The largest absolute Gasteiger partial charge is 0.468 e. The highest BCUT2D eigenvalue weighted by atomic mass is 19.1. The molecule has 18 heavy (non-hydrogen) atoms. The van der Waals surface area contributed by atoms with Gasteiger partial charge in [0, 0.05) is 12.8 Å². The van der Waals surface area contributed by atoms with Gasteiger partial charge < -0.3 is 4.74 Å². The van der Waals surface area contributed by atoms with E-state index in [2.05, 4.69) is 0 Å². The third-order valence-electron chi connectivity index (χ3n) is 3.63. The first-order valence-electron chi connectivity index (χ1n) is 5.95. The Morgan fingerprint density at radius 1 is 1.22 bits per heavy atom. The van der Waals surface area contributed by atoms with Gasteiger partial charge in [0.25, 0.3) is 0 Å². The van der Waals surface area contributed by atoms with Gasteiger partial charge in [0.05, 0.1) is 12.5 Å². The summed E-state index contributed by atoms with van der Waals surface area (Å²) in [6.07, 6.45) is 1.60. The topological polar surface area (TPSA) is 43.4 Å². The molecule has 1 aliphatic rings. The highest BCUT2D eigenvalue weighted by molar-refractivity contribution is 5.88. The molecule has 96 valence electrons. The van der Waals surface area contributed by atoms with Gasteiger partial charge in [0.15, 0.2) is 0 Å². The van der Waals surface area contributed by atoms with Crippen LogP contribution in [-0.4, -0.2) is 18.9 Å². The van der Waals surface area contributed by atoms with E-state index in [9.17, 15) is 14.0 Å². The first-order valence-corrected chi connectivity index (χ1v) is 5.95. The minimum atomic E-state index is -0.795. The van der Waals surface area contributed by atoms with E-state index in [1.807, 2.05) is 0 Å². The second-order valence-corrected chi connectivity index (χ2v) is 4.62. The number of benzene rings is 1. The molecule has 1 saturated carbocycles. The van der Waals surface area contributed by atoms with Crippen LogP contribution in [0.4, 0.5) is 4.39 Å². The summed E-state index contributed by atoms with van der Waals surface area (Å²) in [7, 11) is 1.34. The van der Waals surface area contributed by atoms with E-state index in [0.717, 1.165) is 5.56 Å². The smallest absolute Gasteiger partial charge is 0.316 e. The fraction of sp³-hybridized carbons (Fsp3) is 0.429. The predicted octanol–water partition coefficient (Wildman–Crippen LogP) is 2.38. The Kier molecular flexibility index (Phi) is 3.45. The molecule has 0 bridgehead atoms. The normalized spacial score (nSPS) is 18.4. The van der Waals surface area contributed by atoms with Gasteiger partial charge >= 0.3 is 5.97 Å². The molecule has 1 aromatic carbocycles. The maximum absolute atomic E-state index is 13.0. The summed E-state index contributed by atoms with van der Waals surface area (Å²) in [4.78, 5) is 23.4. The fourth-order valence-electron chi connectivity index (χ4n) is 2.53. The van der Waals surface area contributed by atoms with Crippen LogP contribution in [0.1, 0.15) is 31.2 Å². The van der Waals surface area contributed by atoms with Crippen molar-refractivity contribution in [2.45, 2.75) is 31.1 Å². The average Bonchev–Trinajstić information content (AvgIpc) is 2.40. The van der Waals surface area contributed by atoms with Crippen LogP contribution in [0.2, 0.25) is 0 Å². The number of ether oxygens (including phenoxy) is 1. The first kappa shape index (κ1) is 12.7. The molecule has 0 amide bonds.